The SMILES string of the molecule is Fc1cc(F)cc(-c2cc(-n3c4ccc(-c5ccnc(-c6ccccc6)c5)cc4c4cc(-c5ccnc(-c6ccccc6)c5)ccc43)c(-n3c4ccc(-c5ccnc(-c6ccccc6)c5)cc4c4cc(-c5ccnc(-c6ccccc6)c5)ccc43)cc2C(F)(F)F)c1. The van der Waals surface area contributed by atoms with E-state index in [9.17, 15) is 0 Å². The number of fused-ring (bicyclic) bond motifs is 6. The van der Waals surface area contributed by atoms with E-state index in [0.29, 0.717) is 33.8 Å². The van der Waals surface area contributed by atoms with Crippen molar-refractivity contribution in [3.63, 3.8) is 0 Å². The molecule has 0 N–H and O–H groups in total. The van der Waals surface area contributed by atoms with Gasteiger partial charge in [0.2, 0.25) is 0 Å². The minimum atomic E-state index is -5.02. The van der Waals surface area contributed by atoms with Gasteiger partial charge in [0.05, 0.1) is 61.8 Å². The van der Waals surface area contributed by atoms with Gasteiger partial charge in [0.15, 0.2) is 0 Å². The minimum absolute atomic E-state index is 0.166. The van der Waals surface area contributed by atoms with E-state index in [2.05, 4.69) is 36.4 Å². The standard InChI is InChI=1S/C81H49F5N6/c82-63-37-62(38-64(83)47-63)65-48-79(91-75-25-21-54(58-29-33-87-71(43-58)50-13-5-1-6-14-50)39-66(75)67-40-55(22-26-76(67)91)59-30-34-88-72(44-59)51-15-7-2-8-16-51)80(49-70(65)81(84,85)86)92-77-27-23-56(60-31-35-89-73(45-60)52-17-9-3-10-18-52)41-68(77)69-42-57(24-28-78(69)92)61-32-36-90-74(46-61)53-19-11-4-12-20-53/h1-49H. The highest BCUT2D eigenvalue weighted by molar-refractivity contribution is 6.14. The summed E-state index contributed by atoms with van der Waals surface area (Å²) >= 11 is 0. The van der Waals surface area contributed by atoms with E-state index >= 15 is 22.0 Å². The van der Waals surface area contributed by atoms with Gasteiger partial charge in [0, 0.05) is 74.7 Å². The van der Waals surface area contributed by atoms with Crippen LogP contribution in [0.5, 0.6) is 0 Å². The van der Waals surface area contributed by atoms with Crippen molar-refractivity contribution in [3.05, 3.63) is 315 Å². The van der Waals surface area contributed by atoms with Gasteiger partial charge in [0.25, 0.3) is 0 Å². The van der Waals surface area contributed by atoms with Crippen LogP contribution < -0.4 is 0 Å². The molecule has 0 unspecified atom stereocenters. The number of alkyl halides is 3. The van der Waals surface area contributed by atoms with Crippen LogP contribution in [0.15, 0.2) is 298 Å². The fourth-order valence-corrected chi connectivity index (χ4v) is 12.9. The Balaban J connectivity index is 0.987. The average molecular weight is 1200 g/mol. The van der Waals surface area contributed by atoms with Crippen LogP contribution in [0.4, 0.5) is 22.0 Å². The highest BCUT2D eigenvalue weighted by Gasteiger charge is 2.37. The Morgan fingerprint density at radius 2 is 0.533 bits per heavy atom. The molecule has 0 aliphatic heterocycles. The third-order valence-corrected chi connectivity index (χ3v) is 17.3. The Bertz CT molecular complexity index is 5230. The fraction of sp³-hybridized carbons (Fsp3) is 0.0123. The van der Waals surface area contributed by atoms with Crippen LogP contribution in [0, 0.1) is 11.6 Å². The van der Waals surface area contributed by atoms with Crippen molar-refractivity contribution in [1.29, 1.82) is 0 Å². The zero-order valence-corrected chi connectivity index (χ0v) is 48.9. The molecule has 0 atom stereocenters. The number of rotatable bonds is 11. The second kappa shape index (κ2) is 22.6. The van der Waals surface area contributed by atoms with Gasteiger partial charge in [-0.1, -0.05) is 146 Å². The second-order valence-electron chi connectivity index (χ2n) is 22.8. The minimum Gasteiger partial charge on any atom is -0.307 e. The molecule has 0 saturated heterocycles. The maximum atomic E-state index is 16.4. The predicted molar refractivity (Wildman–Crippen MR) is 360 cm³/mol. The predicted octanol–water partition coefficient (Wildman–Crippen LogP) is 21.8. The summed E-state index contributed by atoms with van der Waals surface area (Å²) in [6.45, 7) is 0. The Labute approximate surface area is 525 Å². The zero-order chi connectivity index (χ0) is 62.0. The molecular weight excluding hydrogens is 1150 g/mol. The molecule has 0 aliphatic carbocycles. The Kier molecular flexibility index (Phi) is 13.6. The van der Waals surface area contributed by atoms with Crippen LogP contribution in [-0.4, -0.2) is 29.1 Å². The maximum absolute atomic E-state index is 16.4. The lowest BCUT2D eigenvalue weighted by atomic mass is 9.96. The van der Waals surface area contributed by atoms with Crippen LogP contribution in [0.1, 0.15) is 5.56 Å². The average Bonchev–Trinajstić information content (AvgIpc) is 1.53. The molecule has 6 aromatic heterocycles. The van der Waals surface area contributed by atoms with Gasteiger partial charge in [-0.2, -0.15) is 13.2 Å². The lowest BCUT2D eigenvalue weighted by molar-refractivity contribution is -0.137. The van der Waals surface area contributed by atoms with E-state index in [1.165, 1.54) is 6.07 Å². The van der Waals surface area contributed by atoms with Gasteiger partial charge < -0.3 is 9.13 Å². The summed E-state index contributed by atoms with van der Waals surface area (Å²) in [4.78, 5) is 18.9. The summed E-state index contributed by atoms with van der Waals surface area (Å²) in [7, 11) is 0. The number of nitrogens with zero attached hydrogens (tertiary/aromatic N) is 6. The second-order valence-corrected chi connectivity index (χ2v) is 22.8. The highest BCUT2D eigenvalue weighted by Crippen LogP contribution is 2.47. The lowest BCUT2D eigenvalue weighted by Gasteiger charge is -2.22. The van der Waals surface area contributed by atoms with Gasteiger partial charge in [-0.05, 0) is 177 Å². The number of benzene rings is 10. The number of hydrogen-bond acceptors (Lipinski definition) is 4. The number of aromatic nitrogens is 6. The van der Waals surface area contributed by atoms with Crippen LogP contribution in [-0.2, 0) is 6.18 Å². The summed E-state index contributed by atoms with van der Waals surface area (Å²) < 4.78 is 84.3. The summed E-state index contributed by atoms with van der Waals surface area (Å²) in [5.74, 6) is -2.03. The van der Waals surface area contributed by atoms with Crippen LogP contribution in [0.3, 0.4) is 0 Å². The largest absolute Gasteiger partial charge is 0.417 e. The molecule has 0 aliphatic rings. The first-order valence-electron chi connectivity index (χ1n) is 30.0. The van der Waals surface area contributed by atoms with E-state index in [-0.39, 0.29) is 11.3 Å². The molecule has 92 heavy (non-hydrogen) atoms. The quantitative estimate of drug-likeness (QED) is 0.121. The van der Waals surface area contributed by atoms with Crippen molar-refractivity contribution in [2.45, 2.75) is 6.18 Å². The normalized spacial score (nSPS) is 11.8. The van der Waals surface area contributed by atoms with E-state index in [0.717, 1.165) is 129 Å². The number of pyridine rings is 4. The smallest absolute Gasteiger partial charge is 0.307 e. The zero-order valence-electron chi connectivity index (χ0n) is 48.9. The van der Waals surface area contributed by atoms with Crippen LogP contribution in [0.2, 0.25) is 0 Å². The first-order valence-corrected chi connectivity index (χ1v) is 30.0. The summed E-state index contributed by atoms with van der Waals surface area (Å²) in [5.41, 5.74) is 15.3. The first-order chi connectivity index (χ1) is 45.0. The molecule has 6 heterocycles. The summed E-state index contributed by atoms with van der Waals surface area (Å²) in [5, 5.41) is 3.13. The van der Waals surface area contributed by atoms with Crippen molar-refractivity contribution in [3.8, 4) is 112 Å². The van der Waals surface area contributed by atoms with Crippen LogP contribution >= 0.6 is 0 Å². The molecule has 438 valence electrons. The molecule has 0 fully saturated rings. The molecule has 11 heteroatoms. The molecule has 0 amide bonds. The van der Waals surface area contributed by atoms with E-state index in [1.807, 2.05) is 215 Å². The fourth-order valence-electron chi connectivity index (χ4n) is 12.9. The van der Waals surface area contributed by atoms with Crippen molar-refractivity contribution in [2.75, 3.05) is 0 Å². The van der Waals surface area contributed by atoms with Crippen molar-refractivity contribution in [2.24, 2.45) is 0 Å². The maximum Gasteiger partial charge on any atom is 0.417 e. The third kappa shape index (κ3) is 10.1. The van der Waals surface area contributed by atoms with Gasteiger partial charge in [-0.15, -0.1) is 0 Å². The lowest BCUT2D eigenvalue weighted by Crippen LogP contribution is -2.12. The van der Waals surface area contributed by atoms with Gasteiger partial charge in [-0.3, -0.25) is 19.9 Å². The van der Waals surface area contributed by atoms with Crippen molar-refractivity contribution < 1.29 is 22.0 Å². The summed E-state index contributed by atoms with van der Waals surface area (Å²) in [6, 6.07) is 85.2. The van der Waals surface area contributed by atoms with Gasteiger partial charge >= 0.3 is 6.18 Å². The summed E-state index contributed by atoms with van der Waals surface area (Å²) in [6.07, 6.45) is 2.13. The monoisotopic (exact) mass is 1200 g/mol. The molecule has 16 aromatic rings. The van der Waals surface area contributed by atoms with Gasteiger partial charge in [0.1, 0.15) is 11.6 Å². The molecule has 0 spiro atoms. The van der Waals surface area contributed by atoms with E-state index in [4.69, 9.17) is 19.9 Å². The molecule has 0 radical (unpaired) electrons. The Morgan fingerprint density at radius 3 is 0.826 bits per heavy atom. The van der Waals surface area contributed by atoms with Crippen LogP contribution in [0.25, 0.3) is 156 Å². The molecule has 0 saturated carbocycles. The molecular formula is C81H49F5N6. The molecule has 6 nitrogen and oxygen atoms in total. The molecule has 16 rings (SSSR count). The van der Waals surface area contributed by atoms with E-state index in [1.54, 1.807) is 24.8 Å². The molecule has 0 bridgehead atoms. The molecule has 10 aromatic carbocycles. The van der Waals surface area contributed by atoms with Gasteiger partial charge in [-0.25, -0.2) is 8.78 Å². The highest BCUT2D eigenvalue weighted by atomic mass is 19.4. The third-order valence-electron chi connectivity index (χ3n) is 17.3. The number of halogens is 5. The van der Waals surface area contributed by atoms with Crippen molar-refractivity contribution in [1.82, 2.24) is 29.1 Å². The van der Waals surface area contributed by atoms with Crippen molar-refractivity contribution >= 4 is 43.6 Å². The topological polar surface area (TPSA) is 61.4 Å². The Morgan fingerprint density at radius 1 is 0.250 bits per heavy atom. The first kappa shape index (κ1) is 55.4. The Hall–Kier alpha value is -12.0. The number of hydrogen-bond donors (Lipinski definition) is 0. The van der Waals surface area contributed by atoms with E-state index < -0.39 is 28.9 Å².